The molecule has 0 N–H and O–H groups in total. The van der Waals surface area contributed by atoms with E-state index in [2.05, 4.69) is 17.0 Å². The average Bonchev–Trinajstić information content (AvgIpc) is 2.88. The van der Waals surface area contributed by atoms with E-state index in [1.165, 1.54) is 12.7 Å². The molecule has 0 bridgehead atoms. The van der Waals surface area contributed by atoms with Crippen LogP contribution < -0.4 is 4.74 Å². The lowest BCUT2D eigenvalue weighted by molar-refractivity contribution is -0.147. The molecule has 0 spiro atoms. The lowest BCUT2D eigenvalue weighted by Gasteiger charge is -2.32. The number of piperidine rings is 1. The fourth-order valence-electron chi connectivity index (χ4n) is 3.22. The lowest BCUT2D eigenvalue weighted by atomic mass is 9.97. The molecule has 4 heteroatoms. The van der Waals surface area contributed by atoms with E-state index in [9.17, 15) is 4.79 Å². The third-order valence-electron chi connectivity index (χ3n) is 4.22. The molecular weight excluding hydrogens is 254 g/mol. The molecule has 2 aliphatic rings. The Labute approximate surface area is 119 Å². The van der Waals surface area contributed by atoms with Gasteiger partial charge in [0.05, 0.1) is 13.0 Å². The first-order valence-electron chi connectivity index (χ1n) is 7.31. The number of ether oxygens (including phenoxy) is 2. The summed E-state index contributed by atoms with van der Waals surface area (Å²) in [5.74, 6) is 0.960. The van der Waals surface area contributed by atoms with Crippen molar-refractivity contribution in [2.75, 3.05) is 26.7 Å². The van der Waals surface area contributed by atoms with Crippen LogP contribution in [0.25, 0.3) is 0 Å². The Morgan fingerprint density at radius 1 is 1.45 bits per heavy atom. The summed E-state index contributed by atoms with van der Waals surface area (Å²) in [5, 5.41) is 0. The van der Waals surface area contributed by atoms with Gasteiger partial charge in [-0.05, 0) is 31.0 Å². The number of hydrogen-bond donors (Lipinski definition) is 0. The van der Waals surface area contributed by atoms with Gasteiger partial charge in [-0.15, -0.1) is 0 Å². The highest BCUT2D eigenvalue weighted by atomic mass is 16.5. The highest BCUT2D eigenvalue weighted by Gasteiger charge is 2.30. The minimum absolute atomic E-state index is 0.0255. The number of rotatable bonds is 3. The molecule has 4 nitrogen and oxygen atoms in total. The van der Waals surface area contributed by atoms with Crippen LogP contribution in [0.5, 0.6) is 5.75 Å². The van der Waals surface area contributed by atoms with Crippen molar-refractivity contribution in [3.63, 3.8) is 0 Å². The Hall–Kier alpha value is -1.55. The summed E-state index contributed by atoms with van der Waals surface area (Å²) in [4.78, 5) is 14.0. The SMILES string of the molecule is COC(=O)C1CCCN(CC2Cc3ccccc3O2)C1. The van der Waals surface area contributed by atoms with Crippen LogP contribution >= 0.6 is 0 Å². The van der Waals surface area contributed by atoms with Gasteiger partial charge in [-0.25, -0.2) is 0 Å². The molecular formula is C16H21NO3. The summed E-state index contributed by atoms with van der Waals surface area (Å²) in [6, 6.07) is 8.22. The molecule has 0 amide bonds. The van der Waals surface area contributed by atoms with Gasteiger partial charge in [0.15, 0.2) is 0 Å². The summed E-state index contributed by atoms with van der Waals surface area (Å²) in [6.45, 7) is 2.73. The van der Waals surface area contributed by atoms with E-state index in [1.807, 2.05) is 12.1 Å². The largest absolute Gasteiger partial charge is 0.488 e. The van der Waals surface area contributed by atoms with Crippen molar-refractivity contribution < 1.29 is 14.3 Å². The Kier molecular flexibility index (Phi) is 3.92. The molecule has 1 fully saturated rings. The molecule has 2 unspecified atom stereocenters. The molecule has 20 heavy (non-hydrogen) atoms. The fraction of sp³-hybridized carbons (Fsp3) is 0.562. The van der Waals surface area contributed by atoms with E-state index in [4.69, 9.17) is 9.47 Å². The number of nitrogens with zero attached hydrogens (tertiary/aromatic N) is 1. The minimum Gasteiger partial charge on any atom is -0.488 e. The number of likely N-dealkylation sites (tertiary alicyclic amines) is 1. The van der Waals surface area contributed by atoms with Crippen LogP contribution in [0.3, 0.4) is 0 Å². The molecule has 3 rings (SSSR count). The number of carbonyl (C=O) groups is 1. The van der Waals surface area contributed by atoms with Crippen molar-refractivity contribution >= 4 is 5.97 Å². The third kappa shape index (κ3) is 2.80. The lowest BCUT2D eigenvalue weighted by Crippen LogP contribution is -2.43. The second kappa shape index (κ2) is 5.83. The standard InChI is InChI=1S/C16H21NO3/c1-19-16(18)13-6-4-8-17(10-13)11-14-9-12-5-2-3-7-15(12)20-14/h2-3,5,7,13-14H,4,6,8-11H2,1H3. The van der Waals surface area contributed by atoms with Crippen LogP contribution in [0.2, 0.25) is 0 Å². The van der Waals surface area contributed by atoms with Crippen LogP contribution in [0.15, 0.2) is 24.3 Å². The number of para-hydroxylation sites is 1. The van der Waals surface area contributed by atoms with Gasteiger partial charge >= 0.3 is 5.97 Å². The maximum absolute atomic E-state index is 11.6. The molecule has 108 valence electrons. The first-order chi connectivity index (χ1) is 9.76. The number of carbonyl (C=O) groups excluding carboxylic acids is 1. The summed E-state index contributed by atoms with van der Waals surface area (Å²) in [6.07, 6.45) is 3.17. The van der Waals surface area contributed by atoms with Gasteiger partial charge in [0, 0.05) is 19.5 Å². The number of hydrogen-bond acceptors (Lipinski definition) is 4. The zero-order valence-corrected chi connectivity index (χ0v) is 11.9. The molecule has 2 heterocycles. The van der Waals surface area contributed by atoms with Crippen molar-refractivity contribution in [3.05, 3.63) is 29.8 Å². The van der Waals surface area contributed by atoms with Gasteiger partial charge in [0.1, 0.15) is 11.9 Å². The van der Waals surface area contributed by atoms with E-state index in [-0.39, 0.29) is 18.0 Å². The van der Waals surface area contributed by atoms with Crippen LogP contribution in [0.4, 0.5) is 0 Å². The molecule has 2 aliphatic heterocycles. The van der Waals surface area contributed by atoms with Crippen molar-refractivity contribution in [3.8, 4) is 5.75 Å². The summed E-state index contributed by atoms with van der Waals surface area (Å²) in [7, 11) is 1.47. The van der Waals surface area contributed by atoms with Gasteiger partial charge in [0.2, 0.25) is 0 Å². The summed E-state index contributed by atoms with van der Waals surface area (Å²) >= 11 is 0. The van der Waals surface area contributed by atoms with Crippen LogP contribution in [-0.2, 0) is 16.0 Å². The van der Waals surface area contributed by atoms with Crippen LogP contribution in [0, 0.1) is 5.92 Å². The third-order valence-corrected chi connectivity index (χ3v) is 4.22. The molecule has 1 aromatic rings. The second-order valence-electron chi connectivity index (χ2n) is 5.67. The van der Waals surface area contributed by atoms with Crippen molar-refractivity contribution in [1.82, 2.24) is 4.90 Å². The molecule has 0 aliphatic carbocycles. The summed E-state index contributed by atoms with van der Waals surface area (Å²) < 4.78 is 10.8. The van der Waals surface area contributed by atoms with Gasteiger partial charge in [0.25, 0.3) is 0 Å². The predicted molar refractivity (Wildman–Crippen MR) is 75.7 cm³/mol. The average molecular weight is 275 g/mol. The Morgan fingerprint density at radius 3 is 3.10 bits per heavy atom. The number of benzene rings is 1. The minimum atomic E-state index is -0.0784. The molecule has 0 aromatic heterocycles. The number of fused-ring (bicyclic) bond motifs is 1. The first kappa shape index (κ1) is 13.4. The van der Waals surface area contributed by atoms with Gasteiger partial charge in [-0.3, -0.25) is 9.69 Å². The summed E-state index contributed by atoms with van der Waals surface area (Å²) in [5.41, 5.74) is 1.29. The Balaban J connectivity index is 1.56. The van der Waals surface area contributed by atoms with Crippen LogP contribution in [0.1, 0.15) is 18.4 Å². The molecule has 1 aromatic carbocycles. The quantitative estimate of drug-likeness (QED) is 0.790. The normalized spacial score (nSPS) is 25.9. The highest BCUT2D eigenvalue weighted by Crippen LogP contribution is 2.29. The maximum atomic E-state index is 11.6. The molecule has 0 saturated carbocycles. The Morgan fingerprint density at radius 2 is 2.30 bits per heavy atom. The molecule has 1 saturated heterocycles. The number of methoxy groups -OCH3 is 1. The van der Waals surface area contributed by atoms with Gasteiger partial charge in [-0.1, -0.05) is 18.2 Å². The van der Waals surface area contributed by atoms with E-state index < -0.39 is 0 Å². The zero-order valence-electron chi connectivity index (χ0n) is 11.9. The van der Waals surface area contributed by atoms with Gasteiger partial charge < -0.3 is 9.47 Å². The topological polar surface area (TPSA) is 38.8 Å². The van der Waals surface area contributed by atoms with E-state index in [1.54, 1.807) is 0 Å². The van der Waals surface area contributed by atoms with Crippen molar-refractivity contribution in [2.24, 2.45) is 5.92 Å². The van der Waals surface area contributed by atoms with E-state index in [0.29, 0.717) is 0 Å². The molecule has 0 radical (unpaired) electrons. The van der Waals surface area contributed by atoms with Crippen molar-refractivity contribution in [1.29, 1.82) is 0 Å². The molecule has 2 atom stereocenters. The van der Waals surface area contributed by atoms with Crippen molar-refractivity contribution in [2.45, 2.75) is 25.4 Å². The fourth-order valence-corrected chi connectivity index (χ4v) is 3.22. The van der Waals surface area contributed by atoms with Gasteiger partial charge in [-0.2, -0.15) is 0 Å². The van der Waals surface area contributed by atoms with E-state index in [0.717, 1.165) is 44.6 Å². The van der Waals surface area contributed by atoms with Crippen LogP contribution in [-0.4, -0.2) is 43.7 Å². The van der Waals surface area contributed by atoms with E-state index >= 15 is 0 Å². The predicted octanol–water partition coefficient (Wildman–Crippen LogP) is 1.88. The maximum Gasteiger partial charge on any atom is 0.309 e. The number of esters is 1. The smallest absolute Gasteiger partial charge is 0.309 e. The Bertz CT molecular complexity index is 463. The first-order valence-corrected chi connectivity index (χ1v) is 7.31. The monoisotopic (exact) mass is 275 g/mol. The second-order valence-corrected chi connectivity index (χ2v) is 5.67. The highest BCUT2D eigenvalue weighted by molar-refractivity contribution is 5.72. The zero-order chi connectivity index (χ0) is 13.9.